The van der Waals surface area contributed by atoms with Gasteiger partial charge in [-0.3, -0.25) is 0 Å². The van der Waals surface area contributed by atoms with Gasteiger partial charge in [0.2, 0.25) is 0 Å². The quantitative estimate of drug-likeness (QED) is 0.381. The highest BCUT2D eigenvalue weighted by atomic mass is 32.3. The van der Waals surface area contributed by atoms with Gasteiger partial charge in [0.15, 0.2) is 0 Å². The minimum Gasteiger partial charge on any atom is -0.413 e. The second kappa shape index (κ2) is 5.09. The van der Waals surface area contributed by atoms with Crippen molar-refractivity contribution in [1.29, 1.82) is 0 Å². The summed E-state index contributed by atoms with van der Waals surface area (Å²) in [6.07, 6.45) is 4.77. The molecule has 1 N–H and O–H groups in total. The van der Waals surface area contributed by atoms with Crippen LogP contribution in [0.3, 0.4) is 0 Å². The van der Waals surface area contributed by atoms with Gasteiger partial charge < -0.3 is 8.74 Å². The summed E-state index contributed by atoms with van der Waals surface area (Å²) < 4.78 is 24.5. The summed E-state index contributed by atoms with van der Waals surface area (Å²) in [5, 5.41) is 0. The monoisotopic (exact) mass is 178 g/mol. The summed E-state index contributed by atoms with van der Waals surface area (Å²) >= 11 is 0. The number of hydrogen-bond donors (Lipinski definition) is 2. The van der Waals surface area contributed by atoms with E-state index in [4.69, 9.17) is 4.55 Å². The molecule has 0 atom stereocenters. The Morgan fingerprint density at radius 1 is 1.73 bits per heavy atom. The lowest BCUT2D eigenvalue weighted by molar-refractivity contribution is 0.391. The van der Waals surface area contributed by atoms with E-state index < -0.39 is 10.5 Å². The van der Waals surface area contributed by atoms with Gasteiger partial charge in [-0.25, -0.2) is 4.21 Å². The van der Waals surface area contributed by atoms with Gasteiger partial charge in [0.1, 0.15) is 16.8 Å². The third-order valence-corrected chi connectivity index (χ3v) is 2.41. The average molecular weight is 178 g/mol. The van der Waals surface area contributed by atoms with E-state index in [0.717, 1.165) is 0 Å². The zero-order chi connectivity index (χ0) is 8.74. The molecule has 0 aliphatic carbocycles. The topological polar surface area (TPSA) is 46.5 Å². The highest BCUT2D eigenvalue weighted by Crippen LogP contribution is 2.03. The average Bonchev–Trinajstić information content (AvgIpc) is 1.87. The summed E-state index contributed by atoms with van der Waals surface area (Å²) in [6, 6.07) is 0. The highest BCUT2D eigenvalue weighted by molar-refractivity contribution is 7.93. The van der Waals surface area contributed by atoms with E-state index in [1.54, 1.807) is 0 Å². The highest BCUT2D eigenvalue weighted by Gasteiger charge is 2.04. The van der Waals surface area contributed by atoms with Crippen LogP contribution in [0.1, 0.15) is 13.3 Å². The van der Waals surface area contributed by atoms with Crippen molar-refractivity contribution >= 4 is 10.5 Å². The lowest BCUT2D eigenvalue weighted by atomic mass is 10.6. The molecule has 3 nitrogen and oxygen atoms in total. The summed E-state index contributed by atoms with van der Waals surface area (Å²) in [4.78, 5) is 0. The summed E-state index contributed by atoms with van der Waals surface area (Å²) in [5.74, 6) is 0.189. The van der Waals surface area contributed by atoms with E-state index in [0.29, 0.717) is 6.42 Å². The number of hydrogen-bond acceptors (Lipinski definition) is 2. The fraction of sp³-hybridized carbons (Fsp3) is 0.429. The van der Waals surface area contributed by atoms with Gasteiger partial charge in [-0.15, -0.1) is 0 Å². The van der Waals surface area contributed by atoms with Crippen molar-refractivity contribution in [2.24, 2.45) is 0 Å². The van der Waals surface area contributed by atoms with Crippen LogP contribution in [-0.4, -0.2) is 14.5 Å². The Morgan fingerprint density at radius 3 is 2.82 bits per heavy atom. The third-order valence-electron chi connectivity index (χ3n) is 0.946. The van der Waals surface area contributed by atoms with Crippen LogP contribution < -0.4 is 0 Å². The first-order valence-corrected chi connectivity index (χ1v) is 5.16. The third kappa shape index (κ3) is 5.82. The maximum absolute atomic E-state index is 10.9. The lowest BCUT2D eigenvalue weighted by Crippen LogP contribution is -2.15. The molecule has 0 amide bonds. The van der Waals surface area contributed by atoms with Crippen molar-refractivity contribution in [3.05, 3.63) is 25.0 Å². The molecule has 0 saturated carbocycles. The second-order valence-corrected chi connectivity index (χ2v) is 3.96. The molecule has 0 rings (SSSR count). The van der Waals surface area contributed by atoms with Crippen LogP contribution in [-0.2, 0) is 14.7 Å². The molecule has 0 aromatic rings. The lowest BCUT2D eigenvalue weighted by Gasteiger charge is -2.14. The Bertz CT molecular complexity index is 186. The summed E-state index contributed by atoms with van der Waals surface area (Å²) in [6.45, 7) is 5.21. The maximum atomic E-state index is 10.9. The van der Waals surface area contributed by atoms with E-state index in [1.165, 1.54) is 18.4 Å². The Hall–Kier alpha value is -0.610. The SMILES string of the molecule is C=CC=CO[SH](=O)(O)CCC. The van der Waals surface area contributed by atoms with Gasteiger partial charge >= 0.3 is 0 Å². The van der Waals surface area contributed by atoms with Gasteiger partial charge in [-0.05, 0) is 12.5 Å². The molecule has 0 aliphatic heterocycles. The molecule has 66 valence electrons. The van der Waals surface area contributed by atoms with E-state index in [-0.39, 0.29) is 5.75 Å². The van der Waals surface area contributed by atoms with Gasteiger partial charge in [0.25, 0.3) is 0 Å². The van der Waals surface area contributed by atoms with Gasteiger partial charge in [0, 0.05) is 0 Å². The Labute approximate surface area is 68.2 Å². The predicted molar refractivity (Wildman–Crippen MR) is 47.7 cm³/mol. The largest absolute Gasteiger partial charge is 0.413 e. The maximum Gasteiger partial charge on any atom is 0.110 e. The molecule has 0 unspecified atom stereocenters. The Balaban J connectivity index is 3.81. The van der Waals surface area contributed by atoms with Crippen LogP contribution in [0.25, 0.3) is 0 Å². The van der Waals surface area contributed by atoms with Crippen molar-refractivity contribution in [2.45, 2.75) is 13.3 Å². The van der Waals surface area contributed by atoms with Crippen molar-refractivity contribution < 1.29 is 12.9 Å². The van der Waals surface area contributed by atoms with Crippen molar-refractivity contribution in [3.63, 3.8) is 0 Å². The second-order valence-electron chi connectivity index (χ2n) is 2.03. The molecule has 0 fully saturated rings. The molecule has 0 saturated heterocycles. The van der Waals surface area contributed by atoms with Crippen LogP contribution >= 0.6 is 0 Å². The van der Waals surface area contributed by atoms with Crippen LogP contribution in [0.4, 0.5) is 0 Å². The predicted octanol–water partition coefficient (Wildman–Crippen LogP) is 1.52. The fourth-order valence-corrected chi connectivity index (χ4v) is 1.45. The molecule has 0 bridgehead atoms. The van der Waals surface area contributed by atoms with Crippen LogP contribution in [0.2, 0.25) is 0 Å². The smallest absolute Gasteiger partial charge is 0.110 e. The van der Waals surface area contributed by atoms with E-state index in [9.17, 15) is 4.21 Å². The standard InChI is InChI=1S/C7H14O3S/c1-3-5-6-10-11(8,9)7-4-2/h3,5-6,11H,1,4,7H2,2H3,(H,8,9). The molecule has 0 aliphatic rings. The molecule has 0 spiro atoms. The van der Waals surface area contributed by atoms with Crippen LogP contribution in [0.5, 0.6) is 0 Å². The molecule has 0 heterocycles. The van der Waals surface area contributed by atoms with E-state index in [1.807, 2.05) is 6.92 Å². The van der Waals surface area contributed by atoms with E-state index >= 15 is 0 Å². The first-order chi connectivity index (χ1) is 5.12. The minimum absolute atomic E-state index is 0.189. The molecule has 0 aromatic heterocycles. The van der Waals surface area contributed by atoms with Crippen LogP contribution in [0.15, 0.2) is 25.0 Å². The molecular weight excluding hydrogens is 164 g/mol. The fourth-order valence-electron chi connectivity index (χ4n) is 0.521. The van der Waals surface area contributed by atoms with Crippen molar-refractivity contribution in [3.8, 4) is 0 Å². The number of thiol groups is 1. The zero-order valence-electron chi connectivity index (χ0n) is 6.56. The van der Waals surface area contributed by atoms with Gasteiger partial charge in [0.05, 0.1) is 5.75 Å². The summed E-state index contributed by atoms with van der Waals surface area (Å²) in [7, 11) is -3.36. The van der Waals surface area contributed by atoms with Crippen LogP contribution in [0, 0.1) is 0 Å². The van der Waals surface area contributed by atoms with Crippen molar-refractivity contribution in [2.75, 3.05) is 5.75 Å². The molecular formula is C7H14O3S. The molecule has 0 aromatic carbocycles. The number of allylic oxidation sites excluding steroid dienone is 2. The Morgan fingerprint density at radius 2 is 2.36 bits per heavy atom. The normalized spacial score (nSPS) is 13.3. The van der Waals surface area contributed by atoms with Gasteiger partial charge in [-0.2, -0.15) is 0 Å². The van der Waals surface area contributed by atoms with E-state index in [2.05, 4.69) is 10.8 Å². The zero-order valence-corrected chi connectivity index (χ0v) is 7.46. The minimum atomic E-state index is -3.36. The first-order valence-electron chi connectivity index (χ1n) is 3.40. The summed E-state index contributed by atoms with van der Waals surface area (Å²) in [5.41, 5.74) is 0. The molecule has 0 radical (unpaired) electrons. The molecule has 4 heteroatoms. The Kier molecular flexibility index (Phi) is 4.81. The van der Waals surface area contributed by atoms with Crippen molar-refractivity contribution in [1.82, 2.24) is 0 Å². The van der Waals surface area contributed by atoms with Gasteiger partial charge in [-0.1, -0.05) is 19.6 Å². The first kappa shape index (κ1) is 10.4. The number of rotatable bonds is 5. The molecule has 11 heavy (non-hydrogen) atoms.